The Morgan fingerprint density at radius 2 is 2.10 bits per heavy atom. The van der Waals surface area contributed by atoms with Gasteiger partial charge in [0.25, 0.3) is 5.91 Å². The average Bonchev–Trinajstić information content (AvgIpc) is 2.76. The summed E-state index contributed by atoms with van der Waals surface area (Å²) in [6.45, 7) is 6.35. The molecule has 6 heteroatoms. The molecule has 112 valence electrons. The van der Waals surface area contributed by atoms with Crippen molar-refractivity contribution >= 4 is 23.5 Å². The molecule has 0 aliphatic heterocycles. The molecule has 0 fully saturated rings. The third-order valence-corrected chi connectivity index (χ3v) is 3.53. The van der Waals surface area contributed by atoms with Gasteiger partial charge in [0.05, 0.1) is 5.02 Å². The Morgan fingerprint density at radius 3 is 2.60 bits per heavy atom. The molecule has 1 aromatic rings. The van der Waals surface area contributed by atoms with Gasteiger partial charge in [0, 0.05) is 12.7 Å². The van der Waals surface area contributed by atoms with E-state index in [4.69, 9.17) is 11.6 Å². The van der Waals surface area contributed by atoms with Gasteiger partial charge in [0.2, 0.25) is 0 Å². The summed E-state index contributed by atoms with van der Waals surface area (Å²) in [7, 11) is 0. The van der Waals surface area contributed by atoms with Crippen LogP contribution in [-0.4, -0.2) is 27.6 Å². The van der Waals surface area contributed by atoms with Crippen molar-refractivity contribution in [3.63, 3.8) is 0 Å². The summed E-state index contributed by atoms with van der Waals surface area (Å²) < 4.78 is 1.74. The van der Waals surface area contributed by atoms with E-state index in [0.29, 0.717) is 23.7 Å². The topological polar surface area (TPSA) is 71.3 Å². The van der Waals surface area contributed by atoms with E-state index in [0.717, 1.165) is 6.42 Å². The third kappa shape index (κ3) is 4.00. The minimum Gasteiger partial charge on any atom is -0.480 e. The van der Waals surface area contributed by atoms with Gasteiger partial charge in [-0.2, -0.15) is 0 Å². The summed E-state index contributed by atoms with van der Waals surface area (Å²) in [5, 5.41) is 12.2. The van der Waals surface area contributed by atoms with Gasteiger partial charge in [-0.05, 0) is 18.4 Å². The Balaban J connectivity index is 2.91. The SMILES string of the molecule is CCCn1cc(Cl)cc1C(=O)N[C@H](C(=O)O)C(C)CC. The summed E-state index contributed by atoms with van der Waals surface area (Å²) in [6, 6.07) is 0.665. The van der Waals surface area contributed by atoms with Crippen molar-refractivity contribution in [1.29, 1.82) is 0 Å². The molecule has 20 heavy (non-hydrogen) atoms. The number of aliphatic carboxylic acids is 1. The molecule has 2 N–H and O–H groups in total. The lowest BCUT2D eigenvalue weighted by molar-refractivity contribution is -0.140. The van der Waals surface area contributed by atoms with Crippen LogP contribution in [0.15, 0.2) is 12.3 Å². The number of hydrogen-bond acceptors (Lipinski definition) is 2. The van der Waals surface area contributed by atoms with Crippen LogP contribution in [0.3, 0.4) is 0 Å². The Labute approximate surface area is 123 Å². The van der Waals surface area contributed by atoms with Crippen molar-refractivity contribution in [2.24, 2.45) is 5.92 Å². The third-order valence-electron chi connectivity index (χ3n) is 3.33. The first-order valence-corrected chi connectivity index (χ1v) is 7.17. The molecule has 5 nitrogen and oxygen atoms in total. The van der Waals surface area contributed by atoms with Gasteiger partial charge in [-0.25, -0.2) is 4.79 Å². The highest BCUT2D eigenvalue weighted by Gasteiger charge is 2.26. The van der Waals surface area contributed by atoms with E-state index >= 15 is 0 Å². The highest BCUT2D eigenvalue weighted by molar-refractivity contribution is 6.31. The molecule has 0 saturated carbocycles. The minimum atomic E-state index is -1.02. The Hall–Kier alpha value is -1.49. The first-order chi connectivity index (χ1) is 9.40. The quantitative estimate of drug-likeness (QED) is 0.813. The van der Waals surface area contributed by atoms with Crippen LogP contribution in [0.1, 0.15) is 44.1 Å². The number of amides is 1. The van der Waals surface area contributed by atoms with E-state index in [1.54, 1.807) is 23.8 Å². The number of carbonyl (C=O) groups excluding carboxylic acids is 1. The van der Waals surface area contributed by atoms with Gasteiger partial charge < -0.3 is 15.0 Å². The molecular weight excluding hydrogens is 280 g/mol. The van der Waals surface area contributed by atoms with Gasteiger partial charge in [-0.15, -0.1) is 0 Å². The second-order valence-electron chi connectivity index (χ2n) is 4.91. The molecule has 0 aliphatic rings. The van der Waals surface area contributed by atoms with Gasteiger partial charge in [0.1, 0.15) is 11.7 Å². The average molecular weight is 301 g/mol. The fourth-order valence-corrected chi connectivity index (χ4v) is 2.21. The standard InChI is InChI=1S/C14H21ClN2O3/c1-4-6-17-8-10(15)7-11(17)13(18)16-12(14(19)20)9(3)5-2/h7-9,12H,4-6H2,1-3H3,(H,16,18)(H,19,20)/t9?,12-/m0/s1. The molecule has 2 atom stereocenters. The van der Waals surface area contributed by atoms with Gasteiger partial charge in [-0.3, -0.25) is 4.79 Å². The van der Waals surface area contributed by atoms with Crippen LogP contribution in [0.4, 0.5) is 0 Å². The number of aryl methyl sites for hydroxylation is 1. The van der Waals surface area contributed by atoms with Crippen LogP contribution >= 0.6 is 11.6 Å². The molecule has 0 bridgehead atoms. The van der Waals surface area contributed by atoms with Crippen LogP contribution in [0, 0.1) is 5.92 Å². The fourth-order valence-electron chi connectivity index (χ4n) is 1.99. The van der Waals surface area contributed by atoms with E-state index in [-0.39, 0.29) is 5.92 Å². The molecular formula is C14H21ClN2O3. The van der Waals surface area contributed by atoms with Crippen molar-refractivity contribution in [3.05, 3.63) is 23.0 Å². The lowest BCUT2D eigenvalue weighted by Gasteiger charge is -2.20. The maximum atomic E-state index is 12.2. The highest BCUT2D eigenvalue weighted by atomic mass is 35.5. The zero-order valence-electron chi connectivity index (χ0n) is 12.0. The molecule has 1 rings (SSSR count). The Kier molecular flexibility index (Phi) is 6.07. The smallest absolute Gasteiger partial charge is 0.326 e. The van der Waals surface area contributed by atoms with Crippen LogP contribution < -0.4 is 5.32 Å². The molecule has 1 amide bonds. The second kappa shape index (κ2) is 7.33. The van der Waals surface area contributed by atoms with Crippen molar-refractivity contribution in [2.45, 2.75) is 46.2 Å². The van der Waals surface area contributed by atoms with Gasteiger partial charge >= 0.3 is 5.97 Å². The first kappa shape index (κ1) is 16.6. The van der Waals surface area contributed by atoms with Gasteiger partial charge in [0.15, 0.2) is 0 Å². The number of halogens is 1. The summed E-state index contributed by atoms with van der Waals surface area (Å²) in [5.41, 5.74) is 0.395. The zero-order chi connectivity index (χ0) is 15.3. The van der Waals surface area contributed by atoms with Crippen molar-refractivity contribution in [2.75, 3.05) is 0 Å². The summed E-state index contributed by atoms with van der Waals surface area (Å²) in [4.78, 5) is 23.5. The minimum absolute atomic E-state index is 0.137. The molecule has 1 aromatic heterocycles. The normalized spacial score (nSPS) is 13.8. The number of nitrogens with zero attached hydrogens (tertiary/aromatic N) is 1. The fraction of sp³-hybridized carbons (Fsp3) is 0.571. The van der Waals surface area contributed by atoms with E-state index in [2.05, 4.69) is 5.32 Å². The molecule has 0 aliphatic carbocycles. The second-order valence-corrected chi connectivity index (χ2v) is 5.35. The number of carboxylic acid groups (broad SMARTS) is 1. The lowest BCUT2D eigenvalue weighted by atomic mass is 9.99. The monoisotopic (exact) mass is 300 g/mol. The number of hydrogen-bond donors (Lipinski definition) is 2. The molecule has 0 saturated heterocycles. The Bertz CT molecular complexity index is 485. The Morgan fingerprint density at radius 1 is 1.45 bits per heavy atom. The maximum absolute atomic E-state index is 12.2. The maximum Gasteiger partial charge on any atom is 0.326 e. The van der Waals surface area contributed by atoms with Gasteiger partial charge in [-0.1, -0.05) is 38.8 Å². The van der Waals surface area contributed by atoms with Crippen LogP contribution in [-0.2, 0) is 11.3 Å². The largest absolute Gasteiger partial charge is 0.480 e. The van der Waals surface area contributed by atoms with E-state index in [9.17, 15) is 14.7 Å². The van der Waals surface area contributed by atoms with Crippen molar-refractivity contribution in [3.8, 4) is 0 Å². The number of nitrogens with one attached hydrogen (secondary N) is 1. The summed E-state index contributed by atoms with van der Waals surface area (Å²) >= 11 is 5.92. The van der Waals surface area contributed by atoms with Crippen LogP contribution in [0.5, 0.6) is 0 Å². The summed E-state index contributed by atoms with van der Waals surface area (Å²) in [5.74, 6) is -1.56. The summed E-state index contributed by atoms with van der Waals surface area (Å²) in [6.07, 6.45) is 3.21. The molecule has 0 aromatic carbocycles. The van der Waals surface area contributed by atoms with Crippen LogP contribution in [0.25, 0.3) is 0 Å². The predicted molar refractivity (Wildman–Crippen MR) is 78.1 cm³/mol. The zero-order valence-corrected chi connectivity index (χ0v) is 12.8. The van der Waals surface area contributed by atoms with Crippen molar-refractivity contribution < 1.29 is 14.7 Å². The van der Waals surface area contributed by atoms with E-state index < -0.39 is 17.9 Å². The number of carbonyl (C=O) groups is 2. The molecule has 1 unspecified atom stereocenters. The van der Waals surface area contributed by atoms with E-state index in [1.807, 2.05) is 13.8 Å². The molecule has 1 heterocycles. The highest BCUT2D eigenvalue weighted by Crippen LogP contribution is 2.16. The number of rotatable bonds is 7. The first-order valence-electron chi connectivity index (χ1n) is 6.80. The number of carboxylic acids is 1. The number of aromatic nitrogens is 1. The van der Waals surface area contributed by atoms with Crippen LogP contribution in [0.2, 0.25) is 5.02 Å². The van der Waals surface area contributed by atoms with Crippen molar-refractivity contribution in [1.82, 2.24) is 9.88 Å². The molecule has 0 radical (unpaired) electrons. The lowest BCUT2D eigenvalue weighted by Crippen LogP contribution is -2.45. The predicted octanol–water partition coefficient (Wildman–Crippen LogP) is 2.78. The molecule has 0 spiro atoms. The van der Waals surface area contributed by atoms with E-state index in [1.165, 1.54) is 0 Å².